The number of carbonyl (C=O) groups excluding carboxylic acids is 2. The molecule has 0 aromatic heterocycles. The van der Waals surface area contributed by atoms with Crippen LogP contribution in [0.3, 0.4) is 0 Å². The number of amides is 1. The molecule has 1 amide bonds. The van der Waals surface area contributed by atoms with E-state index in [1.165, 1.54) is 13.2 Å². The SMILES string of the molecule is CC[Si](CC)(CC)OCC#CC1[C@@H]([C@@H](C)O[Si](C)(C)C(C)(C)C)C(=O)N1C/C=C/C(=O)OC. The van der Waals surface area contributed by atoms with Crippen molar-refractivity contribution in [2.45, 2.75) is 96.9 Å². The van der Waals surface area contributed by atoms with Crippen LogP contribution in [0.5, 0.6) is 0 Å². The van der Waals surface area contributed by atoms with Crippen LogP contribution in [0, 0.1) is 17.8 Å². The maximum absolute atomic E-state index is 13.0. The van der Waals surface area contributed by atoms with E-state index in [1.807, 2.05) is 6.92 Å². The molecule has 1 fully saturated rings. The van der Waals surface area contributed by atoms with E-state index >= 15 is 0 Å². The zero-order valence-electron chi connectivity index (χ0n) is 22.4. The van der Waals surface area contributed by atoms with Gasteiger partial charge in [-0.05, 0) is 43.2 Å². The summed E-state index contributed by atoms with van der Waals surface area (Å²) in [6.07, 6.45) is 2.76. The van der Waals surface area contributed by atoms with E-state index in [1.54, 1.807) is 11.0 Å². The fraction of sp³-hybridized carbons (Fsp3) is 0.760. The Bertz CT molecular complexity index is 751. The quantitative estimate of drug-likeness (QED) is 0.133. The van der Waals surface area contributed by atoms with Gasteiger partial charge in [0.25, 0.3) is 0 Å². The van der Waals surface area contributed by atoms with Gasteiger partial charge in [0.15, 0.2) is 16.6 Å². The molecule has 6 nitrogen and oxygen atoms in total. The molecule has 1 rings (SSSR count). The Labute approximate surface area is 203 Å². The third-order valence-corrected chi connectivity index (χ3v) is 16.6. The summed E-state index contributed by atoms with van der Waals surface area (Å²) in [7, 11) is -2.41. The Balaban J connectivity index is 3.03. The number of β-lactam (4-membered cyclic amide) rings is 1. The molecule has 0 spiro atoms. The highest BCUT2D eigenvalue weighted by Gasteiger charge is 2.51. The summed E-state index contributed by atoms with van der Waals surface area (Å²) >= 11 is 0. The highest BCUT2D eigenvalue weighted by molar-refractivity contribution is 6.74. The average molecular weight is 496 g/mol. The molecular formula is C25H45NO5Si2. The number of esters is 1. The van der Waals surface area contributed by atoms with Crippen LogP contribution in [-0.4, -0.2) is 65.8 Å². The van der Waals surface area contributed by atoms with E-state index in [2.05, 4.69) is 71.2 Å². The molecule has 0 bridgehead atoms. The monoisotopic (exact) mass is 495 g/mol. The lowest BCUT2D eigenvalue weighted by Crippen LogP contribution is -2.65. The van der Waals surface area contributed by atoms with Gasteiger partial charge in [-0.1, -0.05) is 59.5 Å². The van der Waals surface area contributed by atoms with Crippen molar-refractivity contribution in [2.24, 2.45) is 5.92 Å². The topological polar surface area (TPSA) is 65.1 Å². The normalized spacial score (nSPS) is 20.3. The van der Waals surface area contributed by atoms with Crippen LogP contribution in [0.1, 0.15) is 48.5 Å². The van der Waals surface area contributed by atoms with Crippen molar-refractivity contribution in [3.05, 3.63) is 12.2 Å². The Morgan fingerprint density at radius 1 is 1.18 bits per heavy atom. The van der Waals surface area contributed by atoms with Crippen molar-refractivity contribution in [3.8, 4) is 11.8 Å². The number of likely N-dealkylation sites (tertiary alicyclic amines) is 1. The number of hydrogen-bond acceptors (Lipinski definition) is 5. The third kappa shape index (κ3) is 7.54. The van der Waals surface area contributed by atoms with E-state index in [-0.39, 0.29) is 29.0 Å². The lowest BCUT2D eigenvalue weighted by Gasteiger charge is -2.49. The van der Waals surface area contributed by atoms with Gasteiger partial charge in [0.1, 0.15) is 6.04 Å². The van der Waals surface area contributed by atoms with Gasteiger partial charge in [-0.15, -0.1) is 0 Å². The van der Waals surface area contributed by atoms with Crippen LogP contribution in [0.2, 0.25) is 36.3 Å². The second kappa shape index (κ2) is 12.3. The molecule has 188 valence electrons. The van der Waals surface area contributed by atoms with Gasteiger partial charge < -0.3 is 18.5 Å². The number of ether oxygens (including phenoxy) is 1. The minimum atomic E-state index is -2.03. The maximum atomic E-state index is 13.0. The predicted molar refractivity (Wildman–Crippen MR) is 139 cm³/mol. The third-order valence-electron chi connectivity index (χ3n) is 7.43. The molecule has 0 radical (unpaired) electrons. The van der Waals surface area contributed by atoms with E-state index < -0.39 is 22.6 Å². The van der Waals surface area contributed by atoms with Crippen molar-refractivity contribution in [1.29, 1.82) is 0 Å². The van der Waals surface area contributed by atoms with Crippen LogP contribution >= 0.6 is 0 Å². The molecule has 0 saturated carbocycles. The fourth-order valence-corrected chi connectivity index (χ4v) is 7.76. The van der Waals surface area contributed by atoms with Crippen LogP contribution in [0.25, 0.3) is 0 Å². The van der Waals surface area contributed by atoms with E-state index in [0.717, 1.165) is 18.1 Å². The summed E-state index contributed by atoms with van der Waals surface area (Å²) in [5.74, 6) is 5.74. The van der Waals surface area contributed by atoms with E-state index in [9.17, 15) is 9.59 Å². The van der Waals surface area contributed by atoms with Crippen molar-refractivity contribution in [2.75, 3.05) is 20.3 Å². The fourth-order valence-electron chi connectivity index (χ4n) is 3.84. The van der Waals surface area contributed by atoms with Gasteiger partial charge in [0.05, 0.1) is 25.7 Å². The van der Waals surface area contributed by atoms with E-state index in [4.69, 9.17) is 8.85 Å². The standard InChI is InChI=1S/C25H45NO5Si2/c1-11-33(12-2,13-3)30-19-15-16-21-23(20(4)31-32(9,10)25(5,6)7)24(28)26(21)18-14-17-22(27)29-8/h14,17,20-21,23H,11-13,18-19H2,1-10H3/b17-14+/t20-,21?,23-/m1/s1. The first-order valence-electron chi connectivity index (χ1n) is 12.1. The molecule has 8 heteroatoms. The zero-order chi connectivity index (χ0) is 25.4. The van der Waals surface area contributed by atoms with Gasteiger partial charge >= 0.3 is 5.97 Å². The summed E-state index contributed by atoms with van der Waals surface area (Å²) in [6, 6.07) is 2.97. The average Bonchev–Trinajstić information content (AvgIpc) is 2.74. The minimum absolute atomic E-state index is 0.00957. The van der Waals surface area contributed by atoms with Crippen molar-refractivity contribution in [1.82, 2.24) is 4.90 Å². The lowest BCUT2D eigenvalue weighted by atomic mass is 9.83. The summed E-state index contributed by atoms with van der Waals surface area (Å²) in [6.45, 7) is 20.3. The first-order valence-corrected chi connectivity index (χ1v) is 17.6. The number of nitrogens with zero attached hydrogens (tertiary/aromatic N) is 1. The molecule has 0 aliphatic carbocycles. The molecule has 0 aromatic rings. The number of carbonyl (C=O) groups is 2. The molecule has 0 N–H and O–H groups in total. The molecule has 1 unspecified atom stereocenters. The molecule has 33 heavy (non-hydrogen) atoms. The summed E-state index contributed by atoms with van der Waals surface area (Å²) in [5, 5.41) is 0.0560. The van der Waals surface area contributed by atoms with Gasteiger partial charge in [0.2, 0.25) is 5.91 Å². The summed E-state index contributed by atoms with van der Waals surface area (Å²) in [5.41, 5.74) is 0. The molecule has 1 heterocycles. The molecule has 3 atom stereocenters. The van der Waals surface area contributed by atoms with Gasteiger partial charge in [-0.25, -0.2) is 4.79 Å². The second-order valence-corrected chi connectivity index (χ2v) is 19.9. The molecule has 0 aromatic carbocycles. The number of rotatable bonds is 11. The van der Waals surface area contributed by atoms with Crippen molar-refractivity contribution < 1.29 is 23.2 Å². The highest BCUT2D eigenvalue weighted by atomic mass is 28.4. The summed E-state index contributed by atoms with van der Waals surface area (Å²) < 4.78 is 17.4. The molecule has 1 aliphatic heterocycles. The van der Waals surface area contributed by atoms with Crippen LogP contribution in [-0.2, 0) is 23.2 Å². The van der Waals surface area contributed by atoms with Gasteiger partial charge in [-0.3, -0.25) is 4.79 Å². The highest BCUT2D eigenvalue weighted by Crippen LogP contribution is 2.40. The lowest BCUT2D eigenvalue weighted by molar-refractivity contribution is -0.157. The Morgan fingerprint density at radius 2 is 1.76 bits per heavy atom. The Kier molecular flexibility index (Phi) is 11.1. The zero-order valence-corrected chi connectivity index (χ0v) is 24.4. The Morgan fingerprint density at radius 3 is 2.24 bits per heavy atom. The maximum Gasteiger partial charge on any atom is 0.330 e. The smallest absolute Gasteiger partial charge is 0.330 e. The minimum Gasteiger partial charge on any atom is -0.466 e. The van der Waals surface area contributed by atoms with Gasteiger partial charge in [-0.2, -0.15) is 0 Å². The molecule has 1 aliphatic rings. The molecule has 1 saturated heterocycles. The predicted octanol–water partition coefficient (Wildman–Crippen LogP) is 4.98. The van der Waals surface area contributed by atoms with Crippen molar-refractivity contribution in [3.63, 3.8) is 0 Å². The largest absolute Gasteiger partial charge is 0.466 e. The van der Waals surface area contributed by atoms with Gasteiger partial charge in [0, 0.05) is 12.6 Å². The first-order chi connectivity index (χ1) is 15.3. The van der Waals surface area contributed by atoms with Crippen molar-refractivity contribution >= 4 is 28.5 Å². The van der Waals surface area contributed by atoms with Crippen LogP contribution in [0.4, 0.5) is 0 Å². The van der Waals surface area contributed by atoms with Crippen LogP contribution < -0.4 is 0 Å². The summed E-state index contributed by atoms with van der Waals surface area (Å²) in [4.78, 5) is 26.2. The number of methoxy groups -OCH3 is 1. The van der Waals surface area contributed by atoms with E-state index in [0.29, 0.717) is 13.2 Å². The number of hydrogen-bond donors (Lipinski definition) is 0. The van der Waals surface area contributed by atoms with Crippen LogP contribution in [0.15, 0.2) is 12.2 Å². The molecular weight excluding hydrogens is 450 g/mol. The first kappa shape index (κ1) is 29.6. The second-order valence-electron chi connectivity index (χ2n) is 10.3. The Hall–Kier alpha value is -1.41.